The van der Waals surface area contributed by atoms with Gasteiger partial charge in [-0.1, -0.05) is 0 Å². The van der Waals surface area contributed by atoms with Crippen molar-refractivity contribution in [3.63, 3.8) is 0 Å². The minimum atomic E-state index is -0.405. The number of rotatable bonds is 2. The van der Waals surface area contributed by atoms with Gasteiger partial charge >= 0.3 is 91.3 Å². The number of aryl methyl sites for hydroxylation is 1. The molecule has 0 atom stereocenters. The van der Waals surface area contributed by atoms with Gasteiger partial charge in [0.15, 0.2) is 0 Å². The molecule has 1 heterocycles. The second-order valence-corrected chi connectivity index (χ2v) is 4.16. The third kappa shape index (κ3) is 1.49. The Morgan fingerprint density at radius 1 is 1.53 bits per heavy atom. The molecule has 1 aromatic carbocycles. The van der Waals surface area contributed by atoms with E-state index in [0.29, 0.717) is 16.7 Å². The van der Waals surface area contributed by atoms with Gasteiger partial charge in [-0.3, -0.25) is 0 Å². The molecule has 0 bridgehead atoms. The number of nitro groups is 1. The van der Waals surface area contributed by atoms with Crippen molar-refractivity contribution in [2.45, 2.75) is 6.92 Å². The van der Waals surface area contributed by atoms with E-state index < -0.39 is 4.92 Å². The van der Waals surface area contributed by atoms with Crippen LogP contribution in [0.25, 0.3) is 11.0 Å². The van der Waals surface area contributed by atoms with E-state index in [1.807, 2.05) is 13.0 Å². The van der Waals surface area contributed by atoms with Crippen LogP contribution in [0.4, 0.5) is 11.4 Å². The van der Waals surface area contributed by atoms with Crippen LogP contribution in [0.3, 0.4) is 0 Å². The number of hydrogen-bond acceptors (Lipinski definition) is 5. The van der Waals surface area contributed by atoms with E-state index in [-0.39, 0.29) is 20.6 Å². The summed E-state index contributed by atoms with van der Waals surface area (Å²) >= 11 is -0.244. The van der Waals surface area contributed by atoms with Crippen molar-refractivity contribution in [2.75, 3.05) is 12.4 Å². The molecule has 7 heteroatoms. The monoisotopic (exact) mass is 272 g/mol. The first kappa shape index (κ1) is 10.1. The van der Waals surface area contributed by atoms with E-state index in [1.54, 1.807) is 7.05 Å². The van der Waals surface area contributed by atoms with Gasteiger partial charge in [0.2, 0.25) is 0 Å². The number of benzene rings is 1. The topological polar surface area (TPSA) is 81.0 Å². The molecule has 0 amide bonds. The van der Waals surface area contributed by atoms with Crippen LogP contribution in [-0.4, -0.2) is 34.9 Å². The van der Waals surface area contributed by atoms with E-state index in [2.05, 4.69) is 13.3 Å². The first-order valence-corrected chi connectivity index (χ1v) is 5.76. The number of nitrogens with one attached hydrogen (secondary N) is 1. The molecule has 0 aliphatic heterocycles. The number of hydrogen-bond donors (Lipinski definition) is 1. The SMILES string of the molecule is CNc1c(C)cc2n[se]nc2c1[N+](=O)[O-]. The van der Waals surface area contributed by atoms with Gasteiger partial charge in [0, 0.05) is 0 Å². The quantitative estimate of drug-likeness (QED) is 0.499. The average Bonchev–Trinajstić information content (AvgIpc) is 2.62. The molecular formula is C8H8N4O2Se. The van der Waals surface area contributed by atoms with Crippen LogP contribution in [0.1, 0.15) is 5.56 Å². The predicted octanol–water partition coefficient (Wildman–Crippen LogP) is 0.945. The fourth-order valence-corrected chi connectivity index (χ4v) is 2.64. The summed E-state index contributed by atoms with van der Waals surface area (Å²) in [5.41, 5.74) is 2.43. The second kappa shape index (κ2) is 3.60. The Hall–Kier alpha value is -1.46. The van der Waals surface area contributed by atoms with Gasteiger partial charge in [-0.05, 0) is 0 Å². The van der Waals surface area contributed by atoms with Crippen LogP contribution < -0.4 is 5.32 Å². The van der Waals surface area contributed by atoms with Crippen LogP contribution >= 0.6 is 0 Å². The molecule has 0 unspecified atom stereocenters. The zero-order chi connectivity index (χ0) is 11.0. The standard InChI is InChI=1S/C8H8N4O2Se/c1-4-3-5-7(11-15-10-5)8(12(13)14)6(4)9-2/h3,9H,1-2H3. The Balaban J connectivity index is 2.90. The first-order valence-electron chi connectivity index (χ1n) is 4.23. The summed E-state index contributed by atoms with van der Waals surface area (Å²) in [5, 5.41) is 13.8. The summed E-state index contributed by atoms with van der Waals surface area (Å²) in [5.74, 6) is 0. The van der Waals surface area contributed by atoms with E-state index in [4.69, 9.17) is 0 Å². The normalized spacial score (nSPS) is 10.5. The van der Waals surface area contributed by atoms with E-state index >= 15 is 0 Å². The third-order valence-electron chi connectivity index (χ3n) is 2.16. The summed E-state index contributed by atoms with van der Waals surface area (Å²) in [4.78, 5) is 10.6. The van der Waals surface area contributed by atoms with Crippen molar-refractivity contribution >= 4 is 37.4 Å². The average molecular weight is 271 g/mol. The van der Waals surface area contributed by atoms with Gasteiger partial charge < -0.3 is 0 Å². The predicted molar refractivity (Wildman–Crippen MR) is 57.4 cm³/mol. The van der Waals surface area contributed by atoms with Crippen molar-refractivity contribution in [3.8, 4) is 0 Å². The van der Waals surface area contributed by atoms with Crippen LogP contribution in [-0.2, 0) is 0 Å². The molecule has 0 spiro atoms. The molecule has 15 heavy (non-hydrogen) atoms. The van der Waals surface area contributed by atoms with Crippen LogP contribution in [0, 0.1) is 17.0 Å². The molecular weight excluding hydrogens is 263 g/mol. The molecule has 2 rings (SSSR count). The number of anilines is 1. The van der Waals surface area contributed by atoms with E-state index in [1.165, 1.54) is 0 Å². The van der Waals surface area contributed by atoms with Crippen molar-refractivity contribution in [2.24, 2.45) is 0 Å². The fourth-order valence-electron chi connectivity index (χ4n) is 1.53. The summed E-state index contributed by atoms with van der Waals surface area (Å²) < 4.78 is 8.23. The molecule has 2 aromatic rings. The molecule has 6 nitrogen and oxygen atoms in total. The molecule has 0 aliphatic rings. The molecule has 0 saturated heterocycles. The van der Waals surface area contributed by atoms with Gasteiger partial charge in [-0.15, -0.1) is 0 Å². The molecule has 0 aliphatic carbocycles. The second-order valence-electron chi connectivity index (χ2n) is 3.06. The number of nitrogens with zero attached hydrogens (tertiary/aromatic N) is 3. The molecule has 1 aromatic heterocycles. The number of nitro benzene ring substituents is 1. The Bertz CT molecular complexity index is 537. The van der Waals surface area contributed by atoms with Crippen LogP contribution in [0.2, 0.25) is 0 Å². The molecule has 1 N–H and O–H groups in total. The summed E-state index contributed by atoms with van der Waals surface area (Å²) in [7, 11) is 1.67. The fraction of sp³-hybridized carbons (Fsp3) is 0.250. The van der Waals surface area contributed by atoms with E-state index in [9.17, 15) is 10.1 Å². The Morgan fingerprint density at radius 3 is 2.87 bits per heavy atom. The zero-order valence-corrected chi connectivity index (χ0v) is 9.86. The summed E-state index contributed by atoms with van der Waals surface area (Å²) in [6.07, 6.45) is 0. The van der Waals surface area contributed by atoms with Gasteiger partial charge in [0.1, 0.15) is 0 Å². The Kier molecular flexibility index (Phi) is 2.42. The van der Waals surface area contributed by atoms with Crippen molar-refractivity contribution in [1.29, 1.82) is 0 Å². The third-order valence-corrected chi connectivity index (χ3v) is 3.29. The summed E-state index contributed by atoms with van der Waals surface area (Å²) in [6, 6.07) is 1.83. The van der Waals surface area contributed by atoms with Gasteiger partial charge in [-0.25, -0.2) is 0 Å². The Labute approximate surface area is 91.7 Å². The first-order chi connectivity index (χ1) is 7.15. The van der Waals surface area contributed by atoms with Gasteiger partial charge in [-0.2, -0.15) is 0 Å². The maximum atomic E-state index is 11.0. The van der Waals surface area contributed by atoms with Gasteiger partial charge in [0.25, 0.3) is 0 Å². The number of fused-ring (bicyclic) bond motifs is 1. The van der Waals surface area contributed by atoms with E-state index in [0.717, 1.165) is 5.56 Å². The minimum absolute atomic E-state index is 0.0376. The number of aromatic nitrogens is 2. The van der Waals surface area contributed by atoms with Crippen LogP contribution in [0.15, 0.2) is 6.07 Å². The summed E-state index contributed by atoms with van der Waals surface area (Å²) in [6.45, 7) is 1.82. The Morgan fingerprint density at radius 2 is 2.27 bits per heavy atom. The molecule has 0 radical (unpaired) electrons. The maximum absolute atomic E-state index is 11.0. The molecule has 0 saturated carbocycles. The van der Waals surface area contributed by atoms with Crippen molar-refractivity contribution in [1.82, 2.24) is 7.96 Å². The van der Waals surface area contributed by atoms with Crippen LogP contribution in [0.5, 0.6) is 0 Å². The zero-order valence-electron chi connectivity index (χ0n) is 8.14. The molecule has 0 fully saturated rings. The van der Waals surface area contributed by atoms with Crippen molar-refractivity contribution in [3.05, 3.63) is 21.7 Å². The molecule has 78 valence electrons. The van der Waals surface area contributed by atoms with Gasteiger partial charge in [0.05, 0.1) is 0 Å². The van der Waals surface area contributed by atoms with Crippen molar-refractivity contribution < 1.29 is 4.92 Å².